The second kappa shape index (κ2) is 8.71. The third kappa shape index (κ3) is 4.67. The van der Waals surface area contributed by atoms with Gasteiger partial charge in [0.2, 0.25) is 12.2 Å². The molecule has 0 radical (unpaired) electrons. The maximum absolute atomic E-state index is 13.6. The summed E-state index contributed by atoms with van der Waals surface area (Å²) >= 11 is 0. The lowest BCUT2D eigenvalue weighted by Gasteiger charge is -2.21. The Labute approximate surface area is 155 Å². The van der Waals surface area contributed by atoms with Crippen LogP contribution in [0.2, 0.25) is 0 Å². The third-order valence-electron chi connectivity index (χ3n) is 3.42. The minimum Gasteiger partial charge on any atom is -0.478 e. The second-order valence-corrected chi connectivity index (χ2v) is 5.29. The summed E-state index contributed by atoms with van der Waals surface area (Å²) in [7, 11) is 0. The summed E-state index contributed by atoms with van der Waals surface area (Å²) in [6.07, 6.45) is -5.03. The van der Waals surface area contributed by atoms with Gasteiger partial charge in [-0.1, -0.05) is 24.3 Å². The zero-order valence-corrected chi connectivity index (χ0v) is 13.9. The zero-order chi connectivity index (χ0) is 20.8. The highest BCUT2D eigenvalue weighted by atomic mass is 19.1. The average Bonchev–Trinajstić information content (AvgIpc) is 2.64. The maximum atomic E-state index is 13.6. The third-order valence-corrected chi connectivity index (χ3v) is 3.42. The van der Waals surface area contributed by atoms with Crippen molar-refractivity contribution >= 4 is 23.9 Å². The van der Waals surface area contributed by atoms with Crippen molar-refractivity contribution in [3.8, 4) is 0 Å². The van der Waals surface area contributed by atoms with E-state index in [1.807, 2.05) is 0 Å². The molecule has 0 aliphatic rings. The minimum absolute atomic E-state index is 0.654. The first-order valence-corrected chi connectivity index (χ1v) is 7.59. The summed E-state index contributed by atoms with van der Waals surface area (Å²) in [5, 5.41) is 18.4. The highest BCUT2D eigenvalue weighted by Crippen LogP contribution is 2.16. The molecule has 0 saturated carbocycles. The van der Waals surface area contributed by atoms with Gasteiger partial charge in [0, 0.05) is 0 Å². The average molecular weight is 394 g/mol. The number of halogens is 2. The number of ether oxygens (including phenoxy) is 2. The maximum Gasteiger partial charge on any atom is 0.349 e. The number of hydrogen-bond donors (Lipinski definition) is 2. The standard InChI is InChI=1S/C18H12F2O8/c19-11-7-3-1-5-9(11)17(25)27-13(15(21)22)14(16(23)24)28-18(26)10-6-2-4-8-12(10)20/h1-8,13-14H,(H,21,22)(H,23,24)/t13-,14-/m1/s1. The van der Waals surface area contributed by atoms with Crippen molar-refractivity contribution in [2.75, 3.05) is 0 Å². The molecule has 10 heteroatoms. The van der Waals surface area contributed by atoms with Crippen LogP contribution >= 0.6 is 0 Å². The van der Waals surface area contributed by atoms with E-state index in [-0.39, 0.29) is 0 Å². The van der Waals surface area contributed by atoms with Crippen molar-refractivity contribution in [3.63, 3.8) is 0 Å². The second-order valence-electron chi connectivity index (χ2n) is 5.29. The van der Waals surface area contributed by atoms with Gasteiger partial charge in [-0.3, -0.25) is 0 Å². The van der Waals surface area contributed by atoms with Crippen LogP contribution in [-0.4, -0.2) is 46.3 Å². The van der Waals surface area contributed by atoms with Crippen molar-refractivity contribution < 1.29 is 47.6 Å². The Hall–Kier alpha value is -3.82. The topological polar surface area (TPSA) is 127 Å². The predicted octanol–water partition coefficient (Wildman–Crippen LogP) is 1.88. The molecule has 2 aromatic carbocycles. The van der Waals surface area contributed by atoms with Crippen LogP contribution in [0.4, 0.5) is 8.78 Å². The van der Waals surface area contributed by atoms with Crippen LogP contribution in [0.15, 0.2) is 48.5 Å². The molecule has 2 N–H and O–H groups in total. The Morgan fingerprint density at radius 3 is 1.29 bits per heavy atom. The Balaban J connectivity index is 2.27. The van der Waals surface area contributed by atoms with Gasteiger partial charge in [-0.25, -0.2) is 28.0 Å². The molecule has 2 atom stereocenters. The zero-order valence-electron chi connectivity index (χ0n) is 13.9. The van der Waals surface area contributed by atoms with Gasteiger partial charge in [-0.15, -0.1) is 0 Å². The van der Waals surface area contributed by atoms with Gasteiger partial charge < -0.3 is 19.7 Å². The molecule has 2 aromatic rings. The Morgan fingerprint density at radius 2 is 1.00 bits per heavy atom. The summed E-state index contributed by atoms with van der Waals surface area (Å²) in [6.45, 7) is 0. The van der Waals surface area contributed by atoms with E-state index < -0.39 is 58.8 Å². The molecule has 0 saturated heterocycles. The van der Waals surface area contributed by atoms with Gasteiger partial charge in [-0.05, 0) is 24.3 Å². The van der Waals surface area contributed by atoms with Crippen molar-refractivity contribution in [2.45, 2.75) is 12.2 Å². The highest BCUT2D eigenvalue weighted by molar-refractivity contribution is 5.95. The molecule has 0 amide bonds. The normalized spacial score (nSPS) is 12.5. The Morgan fingerprint density at radius 1 is 0.679 bits per heavy atom. The van der Waals surface area contributed by atoms with Gasteiger partial charge in [0.1, 0.15) is 11.6 Å². The fourth-order valence-corrected chi connectivity index (χ4v) is 2.09. The molecule has 0 aromatic heterocycles. The SMILES string of the molecule is O=C(O[C@@H](C(=O)O)[C@@H](OC(=O)c1ccccc1F)C(=O)O)c1ccccc1F. The lowest BCUT2D eigenvalue weighted by molar-refractivity contribution is -0.166. The van der Waals surface area contributed by atoms with Crippen LogP contribution in [0.5, 0.6) is 0 Å². The fourth-order valence-electron chi connectivity index (χ4n) is 2.09. The van der Waals surface area contributed by atoms with Crippen LogP contribution in [0.25, 0.3) is 0 Å². The number of benzene rings is 2. The van der Waals surface area contributed by atoms with E-state index in [0.717, 1.165) is 24.3 Å². The van der Waals surface area contributed by atoms with Crippen molar-refractivity contribution in [3.05, 3.63) is 71.3 Å². The highest BCUT2D eigenvalue weighted by Gasteiger charge is 2.41. The number of aliphatic carboxylic acids is 2. The molecule has 0 fully saturated rings. The van der Waals surface area contributed by atoms with E-state index in [2.05, 4.69) is 9.47 Å². The summed E-state index contributed by atoms with van der Waals surface area (Å²) in [5.74, 6) is -8.99. The minimum atomic E-state index is -2.51. The molecule has 28 heavy (non-hydrogen) atoms. The monoisotopic (exact) mass is 394 g/mol. The first-order chi connectivity index (χ1) is 13.2. The van der Waals surface area contributed by atoms with Gasteiger partial charge in [0.15, 0.2) is 0 Å². The van der Waals surface area contributed by atoms with Gasteiger partial charge in [-0.2, -0.15) is 0 Å². The number of carbonyl (C=O) groups excluding carboxylic acids is 2. The quantitative estimate of drug-likeness (QED) is 0.682. The molecule has 0 aliphatic carbocycles. The first kappa shape index (κ1) is 20.5. The lowest BCUT2D eigenvalue weighted by Crippen LogP contribution is -2.46. The molecule has 0 unspecified atom stereocenters. The van der Waals surface area contributed by atoms with E-state index >= 15 is 0 Å². The Bertz CT molecular complexity index is 852. The van der Waals surface area contributed by atoms with Gasteiger partial charge >= 0.3 is 23.9 Å². The summed E-state index contributed by atoms with van der Waals surface area (Å²) < 4.78 is 36.3. The van der Waals surface area contributed by atoms with E-state index in [4.69, 9.17) is 0 Å². The number of rotatable bonds is 7. The van der Waals surface area contributed by atoms with Crippen LogP contribution in [-0.2, 0) is 19.1 Å². The van der Waals surface area contributed by atoms with Gasteiger partial charge in [0.05, 0.1) is 11.1 Å². The number of carboxylic acids is 2. The fraction of sp³-hybridized carbons (Fsp3) is 0.111. The summed E-state index contributed by atoms with van der Waals surface area (Å²) in [5.41, 5.74) is -1.31. The predicted molar refractivity (Wildman–Crippen MR) is 86.5 cm³/mol. The molecule has 8 nitrogen and oxygen atoms in total. The number of esters is 2. The molecule has 0 aliphatic heterocycles. The number of carbonyl (C=O) groups is 4. The van der Waals surface area contributed by atoms with Crippen LogP contribution in [0.3, 0.4) is 0 Å². The summed E-state index contributed by atoms with van der Waals surface area (Å²) in [6, 6.07) is 8.83. The van der Waals surface area contributed by atoms with Crippen LogP contribution in [0, 0.1) is 11.6 Å². The van der Waals surface area contributed by atoms with E-state index in [1.54, 1.807) is 0 Å². The largest absolute Gasteiger partial charge is 0.478 e. The molecule has 0 bridgehead atoms. The lowest BCUT2D eigenvalue weighted by atomic mass is 10.1. The van der Waals surface area contributed by atoms with Crippen LogP contribution in [0.1, 0.15) is 20.7 Å². The molecule has 2 rings (SSSR count). The number of hydrogen-bond acceptors (Lipinski definition) is 6. The van der Waals surface area contributed by atoms with E-state index in [1.165, 1.54) is 24.3 Å². The first-order valence-electron chi connectivity index (χ1n) is 7.59. The number of carboxylic acid groups (broad SMARTS) is 2. The smallest absolute Gasteiger partial charge is 0.349 e. The Kier molecular flexibility index (Phi) is 6.38. The van der Waals surface area contributed by atoms with Crippen molar-refractivity contribution in [1.82, 2.24) is 0 Å². The van der Waals surface area contributed by atoms with E-state index in [0.29, 0.717) is 0 Å². The molecule has 0 heterocycles. The molecule has 0 spiro atoms. The van der Waals surface area contributed by atoms with Gasteiger partial charge in [0.25, 0.3) is 0 Å². The molecular weight excluding hydrogens is 382 g/mol. The summed E-state index contributed by atoms with van der Waals surface area (Å²) in [4.78, 5) is 46.8. The molecule has 146 valence electrons. The molecular formula is C18H12F2O8. The van der Waals surface area contributed by atoms with Crippen LogP contribution < -0.4 is 0 Å². The van der Waals surface area contributed by atoms with Crippen molar-refractivity contribution in [2.24, 2.45) is 0 Å². The van der Waals surface area contributed by atoms with E-state index in [9.17, 15) is 38.2 Å². The van der Waals surface area contributed by atoms with Crippen molar-refractivity contribution in [1.29, 1.82) is 0 Å².